The monoisotopic (exact) mass is 267 g/mol. The van der Waals surface area contributed by atoms with Gasteiger partial charge in [-0.3, -0.25) is 0 Å². The molecule has 0 aromatic heterocycles. The van der Waals surface area contributed by atoms with Crippen molar-refractivity contribution < 1.29 is 17.9 Å². The molecule has 0 aliphatic carbocycles. The van der Waals surface area contributed by atoms with Crippen molar-refractivity contribution in [2.24, 2.45) is 0 Å². The molecule has 1 aliphatic heterocycles. The molecule has 1 heterocycles. The van der Waals surface area contributed by atoms with Crippen LogP contribution in [0.3, 0.4) is 0 Å². The van der Waals surface area contributed by atoms with Crippen LogP contribution in [0.1, 0.15) is 17.2 Å². The molecule has 1 atom stereocenters. The molecule has 1 fully saturated rings. The number of morpholine rings is 1. The summed E-state index contributed by atoms with van der Waals surface area (Å²) in [5.74, 6) is 0. The van der Waals surface area contributed by atoms with Gasteiger partial charge in [0.25, 0.3) is 0 Å². The van der Waals surface area contributed by atoms with Gasteiger partial charge in [-0.1, -0.05) is 12.1 Å². The third-order valence-electron chi connectivity index (χ3n) is 2.54. The molecule has 1 aliphatic rings. The van der Waals surface area contributed by atoms with E-state index < -0.39 is 11.7 Å². The zero-order valence-electron chi connectivity index (χ0n) is 8.96. The maximum absolute atomic E-state index is 12.5. The molecule has 2 rings (SSSR count). The quantitative estimate of drug-likeness (QED) is 0.845. The Balaban J connectivity index is 0.00000144. The van der Waals surface area contributed by atoms with Gasteiger partial charge < -0.3 is 10.1 Å². The van der Waals surface area contributed by atoms with Crippen LogP contribution >= 0.6 is 12.4 Å². The summed E-state index contributed by atoms with van der Waals surface area (Å²) in [6, 6.07) is 5.21. The van der Waals surface area contributed by atoms with Crippen molar-refractivity contribution in [2.45, 2.75) is 12.2 Å². The van der Waals surface area contributed by atoms with Crippen LogP contribution in [-0.4, -0.2) is 19.8 Å². The van der Waals surface area contributed by atoms with Crippen LogP contribution in [0.2, 0.25) is 0 Å². The minimum Gasteiger partial charge on any atom is -0.378 e. The Bertz CT molecular complexity index is 364. The van der Waals surface area contributed by atoms with E-state index in [4.69, 9.17) is 4.74 Å². The second kappa shape index (κ2) is 5.71. The van der Waals surface area contributed by atoms with Crippen molar-refractivity contribution in [1.82, 2.24) is 5.32 Å². The highest BCUT2D eigenvalue weighted by molar-refractivity contribution is 5.85. The first-order chi connectivity index (χ1) is 7.57. The van der Waals surface area contributed by atoms with Crippen LogP contribution in [0.4, 0.5) is 13.2 Å². The maximum Gasteiger partial charge on any atom is 0.416 e. The third kappa shape index (κ3) is 3.59. The molecular weight excluding hydrogens is 255 g/mol. The Morgan fingerprint density at radius 3 is 2.65 bits per heavy atom. The molecule has 0 spiro atoms. The largest absolute Gasteiger partial charge is 0.416 e. The zero-order valence-corrected chi connectivity index (χ0v) is 9.77. The van der Waals surface area contributed by atoms with Gasteiger partial charge in [-0.15, -0.1) is 12.4 Å². The van der Waals surface area contributed by atoms with Crippen LogP contribution in [0.5, 0.6) is 0 Å². The van der Waals surface area contributed by atoms with Crippen LogP contribution in [0.25, 0.3) is 0 Å². The number of benzene rings is 1. The van der Waals surface area contributed by atoms with Crippen molar-refractivity contribution in [2.75, 3.05) is 19.8 Å². The summed E-state index contributed by atoms with van der Waals surface area (Å²) in [5.41, 5.74) is 0.00639. The van der Waals surface area contributed by atoms with E-state index in [0.29, 0.717) is 25.3 Å². The number of hydrogen-bond acceptors (Lipinski definition) is 2. The van der Waals surface area contributed by atoms with Gasteiger partial charge in [-0.05, 0) is 17.7 Å². The van der Waals surface area contributed by atoms with E-state index in [1.807, 2.05) is 0 Å². The molecule has 1 aromatic carbocycles. The molecular formula is C11H13ClF3NO. The lowest BCUT2D eigenvalue weighted by Gasteiger charge is -2.24. The highest BCUT2D eigenvalue weighted by Crippen LogP contribution is 2.30. The van der Waals surface area contributed by atoms with Crippen molar-refractivity contribution in [1.29, 1.82) is 0 Å². The molecule has 0 unspecified atom stereocenters. The summed E-state index contributed by atoms with van der Waals surface area (Å²) >= 11 is 0. The minimum atomic E-state index is -4.29. The summed E-state index contributed by atoms with van der Waals surface area (Å²) in [7, 11) is 0. The molecule has 1 N–H and O–H groups in total. The predicted molar refractivity (Wildman–Crippen MR) is 60.3 cm³/mol. The second-order valence-electron chi connectivity index (χ2n) is 3.70. The number of hydrogen-bond donors (Lipinski definition) is 1. The molecule has 96 valence electrons. The zero-order chi connectivity index (χ0) is 11.6. The standard InChI is InChI=1S/C11H12F3NO.ClH/c12-11(13,14)9-3-1-2-8(6-9)10-7-16-5-4-15-10;/h1-3,6,10,15H,4-5,7H2;1H/t10-;/m0./s1. The van der Waals surface area contributed by atoms with Crippen LogP contribution in [0.15, 0.2) is 24.3 Å². The van der Waals surface area contributed by atoms with E-state index in [1.54, 1.807) is 6.07 Å². The predicted octanol–water partition coefficient (Wildman–Crippen LogP) is 2.79. The first-order valence-electron chi connectivity index (χ1n) is 5.05. The minimum absolute atomic E-state index is 0. The summed E-state index contributed by atoms with van der Waals surface area (Å²) in [4.78, 5) is 0. The highest BCUT2D eigenvalue weighted by Gasteiger charge is 2.31. The Morgan fingerprint density at radius 1 is 1.29 bits per heavy atom. The normalized spacial score (nSPS) is 20.8. The fourth-order valence-corrected chi connectivity index (χ4v) is 1.71. The molecule has 0 bridgehead atoms. The van der Waals surface area contributed by atoms with Gasteiger partial charge in [0.2, 0.25) is 0 Å². The molecule has 6 heteroatoms. The highest BCUT2D eigenvalue weighted by atomic mass is 35.5. The number of rotatable bonds is 1. The summed E-state index contributed by atoms with van der Waals surface area (Å²) in [5, 5.41) is 3.12. The lowest BCUT2D eigenvalue weighted by Crippen LogP contribution is -2.34. The number of ether oxygens (including phenoxy) is 1. The van der Waals surface area contributed by atoms with Gasteiger partial charge in [-0.2, -0.15) is 13.2 Å². The van der Waals surface area contributed by atoms with Crippen molar-refractivity contribution >= 4 is 12.4 Å². The van der Waals surface area contributed by atoms with Gasteiger partial charge in [0.05, 0.1) is 24.8 Å². The first-order valence-corrected chi connectivity index (χ1v) is 5.05. The van der Waals surface area contributed by atoms with Crippen molar-refractivity contribution in [3.8, 4) is 0 Å². The Hall–Kier alpha value is -0.780. The fourth-order valence-electron chi connectivity index (χ4n) is 1.71. The van der Waals surface area contributed by atoms with Gasteiger partial charge in [-0.25, -0.2) is 0 Å². The number of nitrogens with one attached hydrogen (secondary N) is 1. The maximum atomic E-state index is 12.5. The van der Waals surface area contributed by atoms with Gasteiger partial charge in [0, 0.05) is 6.54 Å². The number of halogens is 4. The third-order valence-corrected chi connectivity index (χ3v) is 2.54. The van der Waals surface area contributed by atoms with E-state index in [1.165, 1.54) is 12.1 Å². The van der Waals surface area contributed by atoms with E-state index in [9.17, 15) is 13.2 Å². The van der Waals surface area contributed by atoms with Crippen molar-refractivity contribution in [3.05, 3.63) is 35.4 Å². The average molecular weight is 268 g/mol. The molecule has 1 aromatic rings. The first kappa shape index (κ1) is 14.3. The van der Waals surface area contributed by atoms with E-state index in [0.717, 1.165) is 6.07 Å². The van der Waals surface area contributed by atoms with Crippen LogP contribution in [-0.2, 0) is 10.9 Å². The fraction of sp³-hybridized carbons (Fsp3) is 0.455. The molecule has 2 nitrogen and oxygen atoms in total. The molecule has 0 radical (unpaired) electrons. The Kier molecular flexibility index (Phi) is 4.80. The summed E-state index contributed by atoms with van der Waals surface area (Å²) in [6.45, 7) is 1.69. The van der Waals surface area contributed by atoms with Gasteiger partial charge in [0.15, 0.2) is 0 Å². The Labute approximate surface area is 104 Å². The second-order valence-corrected chi connectivity index (χ2v) is 3.70. The number of alkyl halides is 3. The Morgan fingerprint density at radius 2 is 2.06 bits per heavy atom. The van der Waals surface area contributed by atoms with Crippen LogP contribution < -0.4 is 5.32 Å². The lowest BCUT2D eigenvalue weighted by atomic mass is 10.0. The SMILES string of the molecule is Cl.FC(F)(F)c1cccc([C@@H]2COCCN2)c1. The molecule has 0 saturated carbocycles. The topological polar surface area (TPSA) is 21.3 Å². The molecule has 0 amide bonds. The summed E-state index contributed by atoms with van der Waals surface area (Å²) < 4.78 is 42.7. The smallest absolute Gasteiger partial charge is 0.378 e. The average Bonchev–Trinajstić information content (AvgIpc) is 2.29. The summed E-state index contributed by atoms with van der Waals surface area (Å²) in [6.07, 6.45) is -4.29. The van der Waals surface area contributed by atoms with Gasteiger partial charge >= 0.3 is 6.18 Å². The van der Waals surface area contributed by atoms with Crippen molar-refractivity contribution in [3.63, 3.8) is 0 Å². The van der Waals surface area contributed by atoms with Gasteiger partial charge in [0.1, 0.15) is 0 Å². The van der Waals surface area contributed by atoms with E-state index in [-0.39, 0.29) is 18.4 Å². The lowest BCUT2D eigenvalue weighted by molar-refractivity contribution is -0.137. The van der Waals surface area contributed by atoms with Crippen LogP contribution in [0, 0.1) is 0 Å². The molecule has 17 heavy (non-hydrogen) atoms. The van der Waals surface area contributed by atoms with E-state index >= 15 is 0 Å². The molecule has 1 saturated heterocycles. The van der Waals surface area contributed by atoms with E-state index in [2.05, 4.69) is 5.32 Å².